The molecule has 3 rings (SSSR count). The number of hydrogen-bond acceptors (Lipinski definition) is 2. The summed E-state index contributed by atoms with van der Waals surface area (Å²) in [5.74, 6) is -0.184. The smallest absolute Gasteiger partial charge is 0.125 e. The average Bonchev–Trinajstić information content (AvgIpc) is 2.47. The number of nitrogens with one attached hydrogen (secondary N) is 1. The Bertz CT molecular complexity index is 597. The van der Waals surface area contributed by atoms with E-state index in [2.05, 4.69) is 34.5 Å². The van der Waals surface area contributed by atoms with Gasteiger partial charge < -0.3 is 10.2 Å². The fourth-order valence-electron chi connectivity index (χ4n) is 2.80. The quantitative estimate of drug-likeness (QED) is 0.922. The molecule has 0 bridgehead atoms. The van der Waals surface area contributed by atoms with E-state index in [9.17, 15) is 4.39 Å². The van der Waals surface area contributed by atoms with E-state index in [1.807, 2.05) is 13.1 Å². The lowest BCUT2D eigenvalue weighted by atomic mass is 9.95. The van der Waals surface area contributed by atoms with Crippen LogP contribution in [0.1, 0.15) is 11.1 Å². The van der Waals surface area contributed by atoms with Gasteiger partial charge in [-0.25, -0.2) is 4.39 Å². The van der Waals surface area contributed by atoms with Gasteiger partial charge in [0.05, 0.1) is 0 Å². The highest BCUT2D eigenvalue weighted by molar-refractivity contribution is 5.46. The Morgan fingerprint density at radius 2 is 1.95 bits per heavy atom. The number of nitrogens with zero attached hydrogens (tertiary/aromatic N) is 1. The molecule has 1 aliphatic rings. The molecule has 0 fully saturated rings. The van der Waals surface area contributed by atoms with Crippen molar-refractivity contribution in [1.29, 1.82) is 0 Å². The Morgan fingerprint density at radius 1 is 1.15 bits per heavy atom. The number of hydrogen-bond donors (Lipinski definition) is 1. The van der Waals surface area contributed by atoms with E-state index >= 15 is 0 Å². The second kappa shape index (κ2) is 5.63. The normalized spacial score (nSPS) is 17.6. The first-order valence-electron chi connectivity index (χ1n) is 6.99. The fourth-order valence-corrected chi connectivity index (χ4v) is 2.80. The molecule has 2 aromatic rings. The SMILES string of the molecule is CN(CC1Cc2ccccc2CN1)c1cccc(F)c1. The van der Waals surface area contributed by atoms with Gasteiger partial charge in [0.1, 0.15) is 5.82 Å². The van der Waals surface area contributed by atoms with Crippen molar-refractivity contribution in [3.8, 4) is 0 Å². The van der Waals surface area contributed by atoms with Gasteiger partial charge in [0.25, 0.3) is 0 Å². The molecule has 1 heterocycles. The number of benzene rings is 2. The molecule has 0 saturated heterocycles. The zero-order valence-electron chi connectivity index (χ0n) is 11.6. The van der Waals surface area contributed by atoms with E-state index in [1.165, 1.54) is 17.2 Å². The predicted octanol–water partition coefficient (Wildman–Crippen LogP) is 2.98. The van der Waals surface area contributed by atoms with Crippen molar-refractivity contribution in [3.05, 3.63) is 65.5 Å². The Kier molecular flexibility index (Phi) is 3.70. The van der Waals surface area contributed by atoms with Crippen LogP contribution in [-0.4, -0.2) is 19.6 Å². The molecule has 1 aliphatic heterocycles. The van der Waals surface area contributed by atoms with Crippen molar-refractivity contribution in [3.63, 3.8) is 0 Å². The van der Waals surface area contributed by atoms with Crippen LogP contribution < -0.4 is 10.2 Å². The molecule has 3 heteroatoms. The molecule has 1 unspecified atom stereocenters. The Labute approximate surface area is 119 Å². The average molecular weight is 270 g/mol. The molecule has 2 aromatic carbocycles. The van der Waals surface area contributed by atoms with Crippen molar-refractivity contribution >= 4 is 5.69 Å². The van der Waals surface area contributed by atoms with Crippen LogP contribution in [0.3, 0.4) is 0 Å². The third-order valence-corrected chi connectivity index (χ3v) is 3.91. The van der Waals surface area contributed by atoms with E-state index in [0.717, 1.165) is 25.2 Å². The minimum Gasteiger partial charge on any atom is -0.373 e. The number of anilines is 1. The molecule has 0 aromatic heterocycles. The fraction of sp³-hybridized carbons (Fsp3) is 0.294. The molecule has 104 valence electrons. The first-order chi connectivity index (χ1) is 9.72. The summed E-state index contributed by atoms with van der Waals surface area (Å²) in [6, 6.07) is 15.7. The lowest BCUT2D eigenvalue weighted by Gasteiger charge is -2.30. The van der Waals surface area contributed by atoms with Gasteiger partial charge in [-0.1, -0.05) is 30.3 Å². The predicted molar refractivity (Wildman–Crippen MR) is 80.4 cm³/mol. The van der Waals surface area contributed by atoms with Gasteiger partial charge in [0.2, 0.25) is 0 Å². The van der Waals surface area contributed by atoms with Gasteiger partial charge in [0, 0.05) is 31.9 Å². The minimum atomic E-state index is -0.184. The van der Waals surface area contributed by atoms with Crippen LogP contribution in [0.2, 0.25) is 0 Å². The van der Waals surface area contributed by atoms with Crippen LogP contribution in [0.25, 0.3) is 0 Å². The topological polar surface area (TPSA) is 15.3 Å². The van der Waals surface area contributed by atoms with Gasteiger partial charge in [-0.3, -0.25) is 0 Å². The van der Waals surface area contributed by atoms with E-state index in [1.54, 1.807) is 12.1 Å². The number of rotatable bonds is 3. The Morgan fingerprint density at radius 3 is 2.75 bits per heavy atom. The standard InChI is InChI=1S/C17H19FN2/c1-20(17-8-4-7-15(18)10-17)12-16-9-13-5-2-3-6-14(13)11-19-16/h2-8,10,16,19H,9,11-12H2,1H3. The summed E-state index contributed by atoms with van der Waals surface area (Å²) in [4.78, 5) is 2.11. The van der Waals surface area contributed by atoms with Gasteiger partial charge in [0.15, 0.2) is 0 Å². The van der Waals surface area contributed by atoms with Crippen molar-refractivity contribution in [2.45, 2.75) is 19.0 Å². The van der Waals surface area contributed by atoms with E-state index in [-0.39, 0.29) is 5.82 Å². The zero-order valence-corrected chi connectivity index (χ0v) is 11.6. The van der Waals surface area contributed by atoms with Crippen LogP contribution in [-0.2, 0) is 13.0 Å². The van der Waals surface area contributed by atoms with E-state index in [0.29, 0.717) is 6.04 Å². The highest BCUT2D eigenvalue weighted by Crippen LogP contribution is 2.19. The molecule has 0 radical (unpaired) electrons. The molecular formula is C17H19FN2. The maximum atomic E-state index is 13.3. The summed E-state index contributed by atoms with van der Waals surface area (Å²) < 4.78 is 13.3. The van der Waals surface area contributed by atoms with Crippen molar-refractivity contribution < 1.29 is 4.39 Å². The second-order valence-corrected chi connectivity index (χ2v) is 5.41. The molecule has 1 N–H and O–H groups in total. The molecule has 1 atom stereocenters. The number of halogens is 1. The zero-order chi connectivity index (χ0) is 13.9. The molecule has 2 nitrogen and oxygen atoms in total. The van der Waals surface area contributed by atoms with Gasteiger partial charge in [-0.15, -0.1) is 0 Å². The summed E-state index contributed by atoms with van der Waals surface area (Å²) in [5, 5.41) is 3.56. The van der Waals surface area contributed by atoms with Crippen LogP contribution in [0.15, 0.2) is 48.5 Å². The van der Waals surface area contributed by atoms with E-state index < -0.39 is 0 Å². The number of fused-ring (bicyclic) bond motifs is 1. The molecule has 20 heavy (non-hydrogen) atoms. The van der Waals surface area contributed by atoms with Crippen molar-refractivity contribution in [2.24, 2.45) is 0 Å². The molecule has 0 amide bonds. The van der Waals surface area contributed by atoms with Crippen molar-refractivity contribution in [2.75, 3.05) is 18.5 Å². The molecular weight excluding hydrogens is 251 g/mol. The third kappa shape index (κ3) is 2.83. The van der Waals surface area contributed by atoms with Gasteiger partial charge in [-0.2, -0.15) is 0 Å². The molecule has 0 spiro atoms. The first kappa shape index (κ1) is 13.1. The maximum Gasteiger partial charge on any atom is 0.125 e. The van der Waals surface area contributed by atoms with Gasteiger partial charge >= 0.3 is 0 Å². The summed E-state index contributed by atoms with van der Waals surface area (Å²) in [5.41, 5.74) is 3.73. The van der Waals surface area contributed by atoms with Crippen LogP contribution in [0.4, 0.5) is 10.1 Å². The number of likely N-dealkylation sites (N-methyl/N-ethyl adjacent to an activating group) is 1. The van der Waals surface area contributed by atoms with Crippen LogP contribution >= 0.6 is 0 Å². The maximum absolute atomic E-state index is 13.3. The monoisotopic (exact) mass is 270 g/mol. The summed E-state index contributed by atoms with van der Waals surface area (Å²) in [6.45, 7) is 1.79. The highest BCUT2D eigenvalue weighted by atomic mass is 19.1. The third-order valence-electron chi connectivity index (χ3n) is 3.91. The lowest BCUT2D eigenvalue weighted by Crippen LogP contribution is -2.43. The summed E-state index contributed by atoms with van der Waals surface area (Å²) >= 11 is 0. The summed E-state index contributed by atoms with van der Waals surface area (Å²) in [6.07, 6.45) is 1.02. The van der Waals surface area contributed by atoms with Gasteiger partial charge in [-0.05, 0) is 35.7 Å². The minimum absolute atomic E-state index is 0.184. The molecule has 0 saturated carbocycles. The van der Waals surface area contributed by atoms with Crippen molar-refractivity contribution in [1.82, 2.24) is 5.32 Å². The second-order valence-electron chi connectivity index (χ2n) is 5.41. The highest BCUT2D eigenvalue weighted by Gasteiger charge is 2.19. The van der Waals surface area contributed by atoms with Crippen LogP contribution in [0, 0.1) is 5.82 Å². The largest absolute Gasteiger partial charge is 0.373 e. The first-order valence-corrected chi connectivity index (χ1v) is 6.99. The van der Waals surface area contributed by atoms with E-state index in [4.69, 9.17) is 0 Å². The Hall–Kier alpha value is -1.87. The Balaban J connectivity index is 1.67. The molecule has 0 aliphatic carbocycles. The van der Waals surface area contributed by atoms with Crippen LogP contribution in [0.5, 0.6) is 0 Å². The summed E-state index contributed by atoms with van der Waals surface area (Å²) in [7, 11) is 2.01. The lowest BCUT2D eigenvalue weighted by molar-refractivity contribution is 0.480.